The third-order valence-electron chi connectivity index (χ3n) is 7.05. The number of pyridine rings is 3. The maximum atomic E-state index is 12.9. The molecule has 9 rings (SSSR count). The number of hydrogen-bond acceptors (Lipinski definition) is 10. The van der Waals surface area contributed by atoms with E-state index in [1.54, 1.807) is 81.7 Å². The smallest absolute Gasteiger partial charge is 0.136 e. The van der Waals surface area contributed by atoms with Gasteiger partial charge >= 0.3 is 0 Å². The van der Waals surface area contributed by atoms with Crippen molar-refractivity contribution in [2.75, 3.05) is 0 Å². The molecule has 0 bridgehead atoms. The molecule has 8 aromatic rings. The Balaban J connectivity index is 0.000000113. The maximum absolute atomic E-state index is 12.9. The molecule has 47 heavy (non-hydrogen) atoms. The summed E-state index contributed by atoms with van der Waals surface area (Å²) in [7, 11) is 0. The Labute approximate surface area is 264 Å². The fraction of sp³-hybridized carbons (Fsp3) is 0.0625. The SMILES string of the molecule is C1=CN=C(n2nnc3cnccc32)C1.Cc1cncc2nnn(-c3ccc(F)cc3)c12.Fc1ccc(-n2nnc3cnccc32)cc1. The van der Waals surface area contributed by atoms with Crippen molar-refractivity contribution in [3.05, 3.63) is 127 Å². The molecule has 0 amide bonds. The van der Waals surface area contributed by atoms with E-state index < -0.39 is 0 Å². The number of nitrogens with zero attached hydrogens (tertiary/aromatic N) is 13. The topological polar surface area (TPSA) is 143 Å². The molecule has 0 N–H and O–H groups in total. The summed E-state index contributed by atoms with van der Waals surface area (Å²) in [4.78, 5) is 16.2. The van der Waals surface area contributed by atoms with Crippen LogP contribution in [0.15, 0.2) is 115 Å². The average molecular weight is 628 g/mol. The molecule has 2 aromatic carbocycles. The Morgan fingerprint density at radius 1 is 0.574 bits per heavy atom. The Bertz CT molecular complexity index is 2370. The van der Waals surface area contributed by atoms with E-state index in [0.717, 1.165) is 56.8 Å². The highest BCUT2D eigenvalue weighted by Gasteiger charge is 2.11. The normalized spacial score (nSPS) is 12.1. The molecule has 0 fully saturated rings. The molecule has 230 valence electrons. The van der Waals surface area contributed by atoms with Gasteiger partial charge in [-0.05, 0) is 73.2 Å². The second kappa shape index (κ2) is 12.8. The molecule has 6 aromatic heterocycles. The van der Waals surface area contributed by atoms with Crippen LogP contribution in [0.3, 0.4) is 0 Å². The van der Waals surface area contributed by atoms with Gasteiger partial charge in [0.2, 0.25) is 0 Å². The number of aryl methyl sites for hydroxylation is 1. The predicted molar refractivity (Wildman–Crippen MR) is 170 cm³/mol. The zero-order valence-electron chi connectivity index (χ0n) is 24.7. The van der Waals surface area contributed by atoms with Crippen LogP contribution in [0.5, 0.6) is 0 Å². The minimum Gasteiger partial charge on any atom is -0.262 e. The molecule has 1 aliphatic rings. The lowest BCUT2D eigenvalue weighted by Crippen LogP contribution is -2.10. The highest BCUT2D eigenvalue weighted by atomic mass is 19.1. The monoisotopic (exact) mass is 627 g/mol. The lowest BCUT2D eigenvalue weighted by Gasteiger charge is -2.03. The minimum atomic E-state index is -0.269. The van der Waals surface area contributed by atoms with Crippen molar-refractivity contribution in [3.63, 3.8) is 0 Å². The maximum Gasteiger partial charge on any atom is 0.136 e. The van der Waals surface area contributed by atoms with E-state index >= 15 is 0 Å². The van der Waals surface area contributed by atoms with E-state index in [1.165, 1.54) is 24.3 Å². The molecule has 0 saturated carbocycles. The lowest BCUT2D eigenvalue weighted by molar-refractivity contribution is 0.626. The molecule has 0 unspecified atom stereocenters. The molecule has 0 spiro atoms. The van der Waals surface area contributed by atoms with Gasteiger partial charge in [0, 0.05) is 31.2 Å². The third-order valence-corrected chi connectivity index (χ3v) is 7.05. The Hall–Kier alpha value is -6.64. The highest BCUT2D eigenvalue weighted by Crippen LogP contribution is 2.19. The van der Waals surface area contributed by atoms with Crippen LogP contribution in [-0.4, -0.2) is 65.8 Å². The van der Waals surface area contributed by atoms with Gasteiger partial charge in [-0.15, -0.1) is 15.3 Å². The van der Waals surface area contributed by atoms with E-state index in [2.05, 4.69) is 50.9 Å². The van der Waals surface area contributed by atoms with Gasteiger partial charge in [-0.25, -0.2) is 23.1 Å². The van der Waals surface area contributed by atoms with Crippen LogP contribution < -0.4 is 0 Å². The molecular formula is C32H23F2N13. The number of hydrogen-bond donors (Lipinski definition) is 0. The van der Waals surface area contributed by atoms with Crippen LogP contribution in [0.1, 0.15) is 12.0 Å². The van der Waals surface area contributed by atoms with Crippen molar-refractivity contribution >= 4 is 38.9 Å². The standard InChI is InChI=1S/C12H9FN4.C11H7FN4.C9H7N5/c1-8-6-14-7-11-12(8)17(16-15-11)10-4-2-9(13)3-5-10;12-8-1-3-9(4-2-8)16-11-5-6-13-7-10(11)14-15-16;1-2-9(11-4-1)14-8-3-5-10-6-7(8)12-13-14/h2-7H,1H3;1-7H;1,3-6H,2H2. The summed E-state index contributed by atoms with van der Waals surface area (Å²) in [6, 6.07) is 15.9. The van der Waals surface area contributed by atoms with Gasteiger partial charge in [-0.3, -0.25) is 15.0 Å². The first kappa shape index (κ1) is 29.1. The van der Waals surface area contributed by atoms with Crippen LogP contribution in [0.4, 0.5) is 8.78 Å². The van der Waals surface area contributed by atoms with Crippen LogP contribution in [0.2, 0.25) is 0 Å². The number of aromatic nitrogens is 12. The van der Waals surface area contributed by atoms with Gasteiger partial charge in [0.25, 0.3) is 0 Å². The zero-order valence-corrected chi connectivity index (χ0v) is 24.7. The Kier molecular flexibility index (Phi) is 7.90. The van der Waals surface area contributed by atoms with Crippen LogP contribution in [-0.2, 0) is 0 Å². The molecule has 13 nitrogen and oxygen atoms in total. The largest absolute Gasteiger partial charge is 0.262 e. The first-order valence-electron chi connectivity index (χ1n) is 14.3. The fourth-order valence-corrected chi connectivity index (χ4v) is 4.80. The summed E-state index contributed by atoms with van der Waals surface area (Å²) in [5.41, 5.74) is 7.47. The molecule has 7 heterocycles. The van der Waals surface area contributed by atoms with E-state index in [1.807, 2.05) is 25.1 Å². The second-order valence-corrected chi connectivity index (χ2v) is 10.1. The van der Waals surface area contributed by atoms with Gasteiger partial charge in [-0.1, -0.05) is 21.7 Å². The van der Waals surface area contributed by atoms with Gasteiger partial charge in [-0.2, -0.15) is 4.68 Å². The molecule has 0 aliphatic carbocycles. The van der Waals surface area contributed by atoms with Gasteiger partial charge in [0.15, 0.2) is 0 Å². The van der Waals surface area contributed by atoms with E-state index in [4.69, 9.17) is 0 Å². The van der Waals surface area contributed by atoms with E-state index in [-0.39, 0.29) is 11.6 Å². The minimum absolute atomic E-state index is 0.267. The molecule has 0 saturated heterocycles. The van der Waals surface area contributed by atoms with Crippen LogP contribution in [0, 0.1) is 18.6 Å². The fourth-order valence-electron chi connectivity index (χ4n) is 4.80. The molecule has 0 radical (unpaired) electrons. The quantitative estimate of drug-likeness (QED) is 0.252. The summed E-state index contributed by atoms with van der Waals surface area (Å²) in [5, 5.41) is 24.1. The van der Waals surface area contributed by atoms with Crippen LogP contribution >= 0.6 is 0 Å². The predicted octanol–water partition coefficient (Wildman–Crippen LogP) is 5.21. The number of allylic oxidation sites excluding steroid dienone is 1. The number of aliphatic imine (C=N–C) groups is 1. The van der Waals surface area contributed by atoms with Crippen molar-refractivity contribution in [1.82, 2.24) is 59.9 Å². The Morgan fingerprint density at radius 2 is 1.11 bits per heavy atom. The zero-order chi connectivity index (χ0) is 32.2. The van der Waals surface area contributed by atoms with Crippen molar-refractivity contribution in [1.29, 1.82) is 0 Å². The van der Waals surface area contributed by atoms with Gasteiger partial charge in [0.05, 0.1) is 41.0 Å². The van der Waals surface area contributed by atoms with E-state index in [9.17, 15) is 8.78 Å². The number of halogens is 2. The van der Waals surface area contributed by atoms with Gasteiger partial charge < -0.3 is 0 Å². The summed E-state index contributed by atoms with van der Waals surface area (Å²) in [6.07, 6.45) is 14.7. The van der Waals surface area contributed by atoms with Crippen molar-refractivity contribution in [3.8, 4) is 11.4 Å². The second-order valence-electron chi connectivity index (χ2n) is 10.1. The van der Waals surface area contributed by atoms with E-state index in [0.29, 0.717) is 5.52 Å². The van der Waals surface area contributed by atoms with Crippen molar-refractivity contribution in [2.45, 2.75) is 13.3 Å². The number of benzene rings is 2. The number of rotatable bonds is 2. The summed E-state index contributed by atoms with van der Waals surface area (Å²) < 4.78 is 30.7. The Morgan fingerprint density at radius 3 is 1.72 bits per heavy atom. The molecule has 0 atom stereocenters. The lowest BCUT2D eigenvalue weighted by atomic mass is 10.2. The molecular weight excluding hydrogens is 604 g/mol. The first-order chi connectivity index (χ1) is 23.0. The third kappa shape index (κ3) is 6.04. The molecule has 15 heteroatoms. The summed E-state index contributed by atoms with van der Waals surface area (Å²) >= 11 is 0. The van der Waals surface area contributed by atoms with Gasteiger partial charge in [0.1, 0.15) is 39.5 Å². The summed E-state index contributed by atoms with van der Waals surface area (Å²) in [5.74, 6) is 0.366. The average Bonchev–Trinajstić information content (AvgIpc) is 3.92. The number of fused-ring (bicyclic) bond motifs is 3. The van der Waals surface area contributed by atoms with Crippen molar-refractivity contribution in [2.24, 2.45) is 4.99 Å². The first-order valence-corrected chi connectivity index (χ1v) is 14.3. The summed E-state index contributed by atoms with van der Waals surface area (Å²) in [6.45, 7) is 1.94. The van der Waals surface area contributed by atoms with Crippen molar-refractivity contribution < 1.29 is 8.78 Å². The van der Waals surface area contributed by atoms with Crippen LogP contribution in [0.25, 0.3) is 44.5 Å². The highest BCUT2D eigenvalue weighted by molar-refractivity contribution is 5.94. The molecule has 1 aliphatic heterocycles.